The molecule has 2 atom stereocenters. The number of likely N-dealkylation sites (N-methyl/N-ethyl adjacent to an activating group) is 1. The average molecular weight is 519 g/mol. The minimum Gasteiger partial charge on any atom is -0.465 e. The number of carbonyl (C=O) groups excluding carboxylic acids is 1. The predicted molar refractivity (Wildman–Crippen MR) is 132 cm³/mol. The van der Waals surface area contributed by atoms with Crippen molar-refractivity contribution in [2.75, 3.05) is 25.6 Å². The summed E-state index contributed by atoms with van der Waals surface area (Å²) in [6, 6.07) is 15.2. The number of esters is 1. The molecule has 184 valence electrons. The lowest BCUT2D eigenvalue weighted by Gasteiger charge is -2.31. The highest BCUT2D eigenvalue weighted by atomic mass is 35.5. The van der Waals surface area contributed by atoms with Gasteiger partial charge in [-0.15, -0.1) is 0 Å². The summed E-state index contributed by atoms with van der Waals surface area (Å²) in [5.74, 6) is -1.63. The van der Waals surface area contributed by atoms with Crippen LogP contribution in [0.1, 0.15) is 17.3 Å². The van der Waals surface area contributed by atoms with E-state index in [0.717, 1.165) is 23.2 Å². The molecule has 0 aliphatic carbocycles. The van der Waals surface area contributed by atoms with Crippen LogP contribution in [0.5, 0.6) is 0 Å². The summed E-state index contributed by atoms with van der Waals surface area (Å²) in [5, 5.41) is 10.6. The minimum atomic E-state index is -4.07. The molecule has 0 saturated carbocycles. The lowest BCUT2D eigenvalue weighted by atomic mass is 10.0. The molecule has 0 unspecified atom stereocenters. The zero-order valence-electron chi connectivity index (χ0n) is 19.3. The number of carbonyl (C=O) groups is 1. The molecule has 1 N–H and O–H groups in total. The molecular formula is C25H24ClFN2O5S. The molecule has 1 aliphatic rings. The van der Waals surface area contributed by atoms with Gasteiger partial charge >= 0.3 is 5.97 Å². The molecule has 4 rings (SSSR count). The van der Waals surface area contributed by atoms with E-state index in [0.29, 0.717) is 16.8 Å². The van der Waals surface area contributed by atoms with Crippen molar-refractivity contribution in [1.29, 1.82) is 0 Å². The number of hydrogen-bond acceptors (Lipinski definition) is 6. The van der Waals surface area contributed by atoms with E-state index in [-0.39, 0.29) is 22.0 Å². The molecule has 7 nitrogen and oxygen atoms in total. The monoisotopic (exact) mass is 518 g/mol. The van der Waals surface area contributed by atoms with Gasteiger partial charge in [0, 0.05) is 24.8 Å². The number of ether oxygens (including phenoxy) is 1. The van der Waals surface area contributed by atoms with E-state index in [1.54, 1.807) is 11.8 Å². The number of methoxy groups -OCH3 is 1. The number of nitrogens with zero attached hydrogens (tertiary/aromatic N) is 2. The molecule has 35 heavy (non-hydrogen) atoms. The summed E-state index contributed by atoms with van der Waals surface area (Å²) in [6.07, 6.45) is -0.954. The van der Waals surface area contributed by atoms with Crippen molar-refractivity contribution in [2.45, 2.75) is 24.0 Å². The van der Waals surface area contributed by atoms with Crippen molar-refractivity contribution < 1.29 is 27.4 Å². The maximum Gasteiger partial charge on any atom is 0.340 e. The van der Waals surface area contributed by atoms with Gasteiger partial charge < -0.3 is 14.7 Å². The molecular weight excluding hydrogens is 495 g/mol. The van der Waals surface area contributed by atoms with Crippen molar-refractivity contribution >= 4 is 39.0 Å². The van der Waals surface area contributed by atoms with Crippen molar-refractivity contribution in [2.24, 2.45) is 0 Å². The third-order valence-electron chi connectivity index (χ3n) is 6.14. The van der Waals surface area contributed by atoms with E-state index in [9.17, 15) is 22.7 Å². The van der Waals surface area contributed by atoms with Crippen LogP contribution >= 0.6 is 11.6 Å². The number of halogens is 2. The van der Waals surface area contributed by atoms with Crippen LogP contribution in [0, 0.1) is 5.82 Å². The Labute approximate surface area is 208 Å². The summed E-state index contributed by atoms with van der Waals surface area (Å²) < 4.78 is 47.4. The molecule has 10 heteroatoms. The molecule has 0 bridgehead atoms. The van der Waals surface area contributed by atoms with Gasteiger partial charge in [-0.1, -0.05) is 35.9 Å². The van der Waals surface area contributed by atoms with Crippen LogP contribution in [0.2, 0.25) is 5.02 Å². The molecule has 0 saturated heterocycles. The first-order valence-corrected chi connectivity index (χ1v) is 12.6. The zero-order valence-corrected chi connectivity index (χ0v) is 20.8. The number of sulfonamides is 1. The Morgan fingerprint density at radius 2 is 1.86 bits per heavy atom. The van der Waals surface area contributed by atoms with Crippen LogP contribution in [-0.4, -0.2) is 56.6 Å². The summed E-state index contributed by atoms with van der Waals surface area (Å²) in [5.41, 5.74) is 1.42. The topological polar surface area (TPSA) is 87.2 Å². The van der Waals surface area contributed by atoms with Gasteiger partial charge in [0.05, 0.1) is 35.5 Å². The van der Waals surface area contributed by atoms with Crippen molar-refractivity contribution in [3.63, 3.8) is 0 Å². The third-order valence-corrected chi connectivity index (χ3v) is 8.37. The van der Waals surface area contributed by atoms with Gasteiger partial charge in [-0.05, 0) is 48.9 Å². The zero-order chi connectivity index (χ0) is 25.5. The summed E-state index contributed by atoms with van der Waals surface area (Å²) in [4.78, 5) is 13.8. The SMILES string of the molecule is COC(=O)c1cc(-c2cc3c(cc2Cl)N(c2ccccc2)C[C@@H]([C@H](C)O)N(C)S3(=O)=O)ccc1F. The number of aliphatic hydroxyl groups excluding tert-OH is 1. The van der Waals surface area contributed by atoms with E-state index in [1.165, 1.54) is 31.3 Å². The quantitative estimate of drug-likeness (QED) is 0.513. The number of benzene rings is 3. The molecule has 0 radical (unpaired) electrons. The number of rotatable bonds is 4. The van der Waals surface area contributed by atoms with Gasteiger partial charge in [-0.25, -0.2) is 17.6 Å². The van der Waals surface area contributed by atoms with Crippen LogP contribution in [0.4, 0.5) is 15.8 Å². The van der Waals surface area contributed by atoms with Crippen molar-refractivity contribution in [1.82, 2.24) is 4.31 Å². The van der Waals surface area contributed by atoms with Gasteiger partial charge in [0.2, 0.25) is 10.0 Å². The molecule has 0 fully saturated rings. The van der Waals surface area contributed by atoms with Crippen LogP contribution in [0.25, 0.3) is 11.1 Å². The van der Waals surface area contributed by atoms with Gasteiger partial charge in [-0.3, -0.25) is 0 Å². The predicted octanol–water partition coefficient (Wildman–Crippen LogP) is 4.45. The second-order valence-electron chi connectivity index (χ2n) is 8.26. The fourth-order valence-corrected chi connectivity index (χ4v) is 6.06. The van der Waals surface area contributed by atoms with E-state index in [4.69, 9.17) is 11.6 Å². The maximum absolute atomic E-state index is 14.2. The fourth-order valence-electron chi connectivity index (χ4n) is 4.18. The number of anilines is 2. The van der Waals surface area contributed by atoms with Crippen molar-refractivity contribution in [3.05, 3.63) is 77.1 Å². The summed E-state index contributed by atoms with van der Waals surface area (Å²) >= 11 is 6.64. The molecule has 0 amide bonds. The first kappa shape index (κ1) is 25.1. The van der Waals surface area contributed by atoms with E-state index in [1.807, 2.05) is 30.3 Å². The number of hydrogen-bond donors (Lipinski definition) is 1. The molecule has 3 aromatic rings. The molecule has 1 heterocycles. The van der Waals surface area contributed by atoms with Crippen LogP contribution in [-0.2, 0) is 14.8 Å². The van der Waals surface area contributed by atoms with Gasteiger partial charge in [0.25, 0.3) is 0 Å². The second kappa shape index (κ2) is 9.58. The lowest BCUT2D eigenvalue weighted by Crippen LogP contribution is -2.47. The third kappa shape index (κ3) is 4.52. The Morgan fingerprint density at radius 1 is 1.17 bits per heavy atom. The number of para-hydroxylation sites is 1. The molecule has 0 aromatic heterocycles. The lowest BCUT2D eigenvalue weighted by molar-refractivity contribution is 0.0595. The highest BCUT2D eigenvalue weighted by molar-refractivity contribution is 7.89. The Bertz CT molecular complexity index is 1380. The Morgan fingerprint density at radius 3 is 2.49 bits per heavy atom. The maximum atomic E-state index is 14.2. The Hall–Kier alpha value is -2.98. The standard InChI is InChI=1S/C25H24ClFN2O5S/c1-15(30)23-14-29(17-7-5-4-6-8-17)22-13-20(26)18(12-24(22)35(32,33)28(23)2)16-9-10-21(27)19(11-16)25(31)34-3/h4-13,15,23,30H,14H2,1-3H3/t15-,23-/m0/s1. The Balaban J connectivity index is 1.98. The Kier molecular flexibility index (Phi) is 6.88. The minimum absolute atomic E-state index is 0.0321. The van der Waals surface area contributed by atoms with Gasteiger partial charge in [-0.2, -0.15) is 4.31 Å². The molecule has 3 aromatic carbocycles. The summed E-state index contributed by atoms with van der Waals surface area (Å²) in [7, 11) is -1.51. The van der Waals surface area contributed by atoms with Crippen LogP contribution < -0.4 is 4.90 Å². The van der Waals surface area contributed by atoms with Gasteiger partial charge in [0.1, 0.15) is 10.7 Å². The highest BCUT2D eigenvalue weighted by Gasteiger charge is 2.39. The molecule has 1 aliphatic heterocycles. The van der Waals surface area contributed by atoms with Crippen LogP contribution in [0.15, 0.2) is 65.6 Å². The van der Waals surface area contributed by atoms with E-state index >= 15 is 0 Å². The first-order valence-electron chi connectivity index (χ1n) is 10.8. The van der Waals surface area contributed by atoms with E-state index in [2.05, 4.69) is 4.74 Å². The second-order valence-corrected chi connectivity index (χ2v) is 10.6. The smallest absolute Gasteiger partial charge is 0.340 e. The molecule has 0 spiro atoms. The average Bonchev–Trinajstić information content (AvgIpc) is 2.92. The fraction of sp³-hybridized carbons (Fsp3) is 0.240. The van der Waals surface area contributed by atoms with E-state index < -0.39 is 34.0 Å². The first-order chi connectivity index (χ1) is 16.6. The highest BCUT2D eigenvalue weighted by Crippen LogP contribution is 2.43. The summed E-state index contributed by atoms with van der Waals surface area (Å²) in [6.45, 7) is 1.73. The van der Waals surface area contributed by atoms with Gasteiger partial charge in [0.15, 0.2) is 0 Å². The largest absolute Gasteiger partial charge is 0.465 e. The normalized spacial score (nSPS) is 18.5. The number of aliphatic hydroxyl groups is 1. The number of fused-ring (bicyclic) bond motifs is 1. The van der Waals surface area contributed by atoms with Crippen molar-refractivity contribution in [3.8, 4) is 11.1 Å². The van der Waals surface area contributed by atoms with Crippen LogP contribution in [0.3, 0.4) is 0 Å².